The van der Waals surface area contributed by atoms with Gasteiger partial charge in [-0.3, -0.25) is 9.59 Å². The lowest BCUT2D eigenvalue weighted by atomic mass is 9.41. The first-order chi connectivity index (χ1) is 28.5. The number of rotatable bonds is 20. The average molecular weight is 813 g/mol. The summed E-state index contributed by atoms with van der Waals surface area (Å²) in [4.78, 5) is 28.1. The second-order valence-corrected chi connectivity index (χ2v) is 19.8. The van der Waals surface area contributed by atoms with Crippen LogP contribution in [0.1, 0.15) is 163 Å². The predicted octanol–water partition coefficient (Wildman–Crippen LogP) is 11.6. The van der Waals surface area contributed by atoms with Gasteiger partial charge >= 0.3 is 0 Å². The first-order valence-corrected chi connectivity index (χ1v) is 24.4. The normalized spacial score (nSPS) is 34.7. The fraction of sp³-hybridized carbons (Fsp3) is 0.736. The zero-order valence-electron chi connectivity index (χ0n) is 37.9. The molecule has 1 aliphatic heterocycles. The molecule has 3 N–H and O–H groups in total. The van der Waals surface area contributed by atoms with E-state index in [1.54, 1.807) is 0 Å². The first-order valence-electron chi connectivity index (χ1n) is 24.4. The van der Waals surface area contributed by atoms with Gasteiger partial charge in [0.15, 0.2) is 0 Å². The van der Waals surface area contributed by atoms with Gasteiger partial charge in [-0.25, -0.2) is 0 Å². The second kappa shape index (κ2) is 23.5. The molecule has 0 aromatic carbocycles. The van der Waals surface area contributed by atoms with Gasteiger partial charge < -0.3 is 20.4 Å². The number of nitrogens with zero attached hydrogens (tertiary/aromatic N) is 1. The Morgan fingerprint density at radius 1 is 0.695 bits per heavy atom. The van der Waals surface area contributed by atoms with E-state index in [4.69, 9.17) is 0 Å². The van der Waals surface area contributed by atoms with Gasteiger partial charge in [-0.2, -0.15) is 0 Å². The van der Waals surface area contributed by atoms with Crippen LogP contribution in [-0.4, -0.2) is 58.3 Å². The maximum atomic E-state index is 13.2. The van der Waals surface area contributed by atoms with Crippen molar-refractivity contribution in [2.75, 3.05) is 13.1 Å². The minimum atomic E-state index is -0.262. The fourth-order valence-electron chi connectivity index (χ4n) is 13.1. The van der Waals surface area contributed by atoms with Crippen LogP contribution < -0.4 is 5.32 Å². The van der Waals surface area contributed by atoms with Crippen molar-refractivity contribution < 1.29 is 19.8 Å². The molecule has 330 valence electrons. The zero-order chi connectivity index (χ0) is 42.3. The van der Waals surface area contributed by atoms with E-state index in [0.29, 0.717) is 48.3 Å². The highest BCUT2D eigenvalue weighted by Crippen LogP contribution is 2.69. The lowest BCUT2D eigenvalue weighted by Gasteiger charge is -2.64. The number of carbonyl (C=O) groups is 2. The summed E-state index contributed by atoms with van der Waals surface area (Å²) in [5.74, 6) is 3.64. The summed E-state index contributed by atoms with van der Waals surface area (Å²) in [6, 6.07) is 0.152. The van der Waals surface area contributed by atoms with Crippen LogP contribution in [-0.2, 0) is 9.59 Å². The Labute approximate surface area is 360 Å². The third-order valence-corrected chi connectivity index (χ3v) is 16.3. The highest BCUT2D eigenvalue weighted by molar-refractivity contribution is 5.77. The summed E-state index contributed by atoms with van der Waals surface area (Å²) < 4.78 is 0. The molecule has 2 amide bonds. The van der Waals surface area contributed by atoms with Gasteiger partial charge in [0.2, 0.25) is 11.8 Å². The van der Waals surface area contributed by atoms with Crippen LogP contribution in [0, 0.1) is 52.3 Å². The molecule has 6 nitrogen and oxygen atoms in total. The number of aliphatic hydroxyl groups is 2. The molecule has 0 aromatic rings. The third-order valence-electron chi connectivity index (χ3n) is 16.3. The molecule has 0 radical (unpaired) electrons. The molecule has 1 saturated heterocycles. The number of aliphatic hydroxyl groups excluding tert-OH is 2. The average Bonchev–Trinajstić information content (AvgIpc) is 3.59. The van der Waals surface area contributed by atoms with Gasteiger partial charge in [0.1, 0.15) is 0 Å². The smallest absolute Gasteiger partial charge is 0.222 e. The molecule has 1 unspecified atom stereocenters. The molecular weight excluding hydrogens is 729 g/mol. The molecule has 1 heterocycles. The quantitative estimate of drug-likeness (QED) is 0.107. The van der Waals surface area contributed by atoms with Crippen molar-refractivity contribution in [2.24, 2.45) is 52.3 Å². The number of hydrogen-bond donors (Lipinski definition) is 3. The van der Waals surface area contributed by atoms with Gasteiger partial charge in [0.05, 0.1) is 12.2 Å². The van der Waals surface area contributed by atoms with E-state index in [2.05, 4.69) is 113 Å². The number of fused-ring (bicyclic) bond motifs is 5. The molecular formula is C53H84N2O4. The topological polar surface area (TPSA) is 89.9 Å². The van der Waals surface area contributed by atoms with Gasteiger partial charge in [0.25, 0.3) is 0 Å². The molecule has 6 heteroatoms. The van der Waals surface area contributed by atoms with E-state index >= 15 is 0 Å². The maximum absolute atomic E-state index is 13.2. The van der Waals surface area contributed by atoms with Crippen molar-refractivity contribution in [1.29, 1.82) is 0 Å². The molecule has 5 rings (SSSR count). The maximum Gasteiger partial charge on any atom is 0.222 e. The van der Waals surface area contributed by atoms with Crippen LogP contribution in [0.3, 0.4) is 0 Å². The van der Waals surface area contributed by atoms with Crippen LogP contribution >= 0.6 is 0 Å². The summed E-state index contributed by atoms with van der Waals surface area (Å²) in [5.41, 5.74) is 0.449. The summed E-state index contributed by atoms with van der Waals surface area (Å²) in [6.07, 6.45) is 45.0. The largest absolute Gasteiger partial charge is 0.393 e. The molecule has 4 saturated carbocycles. The number of amides is 2. The van der Waals surface area contributed by atoms with Gasteiger partial charge in [-0.15, -0.1) is 0 Å². The molecule has 0 spiro atoms. The second-order valence-electron chi connectivity index (χ2n) is 19.8. The summed E-state index contributed by atoms with van der Waals surface area (Å²) in [6.45, 7) is 13.3. The summed E-state index contributed by atoms with van der Waals surface area (Å²) >= 11 is 0. The summed E-state index contributed by atoms with van der Waals surface area (Å²) in [5, 5.41) is 26.0. The fourth-order valence-corrected chi connectivity index (χ4v) is 13.1. The van der Waals surface area contributed by atoms with Crippen molar-refractivity contribution in [2.45, 2.75) is 181 Å². The van der Waals surface area contributed by atoms with Crippen LogP contribution in [0.5, 0.6) is 0 Å². The molecule has 0 aromatic heterocycles. The van der Waals surface area contributed by atoms with Gasteiger partial charge in [0, 0.05) is 32.0 Å². The Balaban J connectivity index is 0.937. The van der Waals surface area contributed by atoms with Crippen LogP contribution in [0.25, 0.3) is 0 Å². The Bertz CT molecular complexity index is 1490. The van der Waals surface area contributed by atoms with Crippen molar-refractivity contribution in [3.8, 4) is 0 Å². The monoisotopic (exact) mass is 813 g/mol. The zero-order valence-corrected chi connectivity index (χ0v) is 37.9. The van der Waals surface area contributed by atoms with E-state index in [0.717, 1.165) is 103 Å². The molecule has 5 fully saturated rings. The number of allylic oxidation sites excluding steroid dienone is 12. The van der Waals surface area contributed by atoms with Crippen LogP contribution in [0.4, 0.5) is 0 Å². The minimum absolute atomic E-state index is 0.152. The molecule has 11 atom stereocenters. The van der Waals surface area contributed by atoms with Crippen LogP contribution in [0.2, 0.25) is 0 Å². The third kappa shape index (κ3) is 12.5. The van der Waals surface area contributed by atoms with Crippen molar-refractivity contribution >= 4 is 11.8 Å². The predicted molar refractivity (Wildman–Crippen MR) is 245 cm³/mol. The van der Waals surface area contributed by atoms with E-state index < -0.39 is 0 Å². The lowest BCUT2D eigenvalue weighted by molar-refractivity contribution is -0.203. The number of likely N-dealkylation sites (tertiary alicyclic amines) is 1. The number of hydrogen-bond acceptors (Lipinski definition) is 4. The highest BCUT2D eigenvalue weighted by Gasteiger charge is 2.64. The molecule has 4 aliphatic carbocycles. The molecule has 5 aliphatic rings. The van der Waals surface area contributed by atoms with E-state index in [9.17, 15) is 19.8 Å². The van der Waals surface area contributed by atoms with Crippen molar-refractivity contribution in [3.05, 3.63) is 72.9 Å². The Hall–Kier alpha value is -2.70. The highest BCUT2D eigenvalue weighted by atomic mass is 16.3. The standard InChI is InChI=1S/C53H84N2O4/c1-6-8-9-10-11-12-13-14-15-16-17-18-19-20-21-22-23-24-25-26-49(58)55-37-33-41(34-38-55)54-48(57)30-27-40(3)44-28-29-45-50-46(32-36-52(44,45)4)53(5)35-31-42(56)39-47(53)43(7-2)51(50)59/h8-9,11-12,14-15,17-18,20-21,23-24,40-47,50-51,56,59H,6-7,10,13,16,19,22,25-39H2,1-5H3,(H,54,57)/t40-,42-,43-,44?,45+,46+,47+,50+,51-,52-,53-/m1/s1. The summed E-state index contributed by atoms with van der Waals surface area (Å²) in [7, 11) is 0. The van der Waals surface area contributed by atoms with Gasteiger partial charge in [-0.05, 0) is 161 Å². The SMILES string of the molecule is CCC=CCC=CCC=CCC=CCC=CCC=CCCC(=O)N1CCC(NC(=O)CC[C@@H](C)C2CC[C@H]3[C@@H]4[C@H](O)[C@H](CC)[C@@H]5C[C@H](O)CC[C@]5(C)[C@H]4CC[C@]23C)CC1. The van der Waals surface area contributed by atoms with E-state index in [-0.39, 0.29) is 46.8 Å². The first kappa shape index (κ1) is 47.4. The van der Waals surface area contributed by atoms with Crippen LogP contribution in [0.15, 0.2) is 72.9 Å². The van der Waals surface area contributed by atoms with Crippen molar-refractivity contribution in [3.63, 3.8) is 0 Å². The molecule has 0 bridgehead atoms. The Morgan fingerprint density at radius 2 is 1.25 bits per heavy atom. The Kier molecular flexibility index (Phi) is 18.9. The van der Waals surface area contributed by atoms with Gasteiger partial charge in [-0.1, -0.05) is 114 Å². The Morgan fingerprint density at radius 3 is 1.85 bits per heavy atom. The minimum Gasteiger partial charge on any atom is -0.393 e. The number of piperidine rings is 1. The molecule has 59 heavy (non-hydrogen) atoms. The lowest BCUT2D eigenvalue weighted by Crippen LogP contribution is -2.62. The van der Waals surface area contributed by atoms with Crippen molar-refractivity contribution in [1.82, 2.24) is 10.2 Å². The number of carbonyl (C=O) groups excluding carboxylic acids is 2. The van der Waals surface area contributed by atoms with E-state index in [1.807, 2.05) is 4.90 Å². The van der Waals surface area contributed by atoms with E-state index in [1.165, 1.54) is 25.7 Å². The number of nitrogens with one attached hydrogen (secondary N) is 1.